The molecule has 0 radical (unpaired) electrons. The molecular weight excluding hydrogens is 242 g/mol. The first-order chi connectivity index (χ1) is 9.04. The SMILES string of the molecule is Cc1cc(OC(C)C)nc(NC2CCCCC2O)n1. The van der Waals surface area contributed by atoms with Crippen molar-refractivity contribution in [2.75, 3.05) is 5.32 Å². The Kier molecular flexibility index (Phi) is 4.58. The lowest BCUT2D eigenvalue weighted by atomic mass is 9.93. The minimum absolute atomic E-state index is 0.0439. The van der Waals surface area contributed by atoms with Gasteiger partial charge in [0.1, 0.15) is 0 Å². The van der Waals surface area contributed by atoms with E-state index < -0.39 is 0 Å². The summed E-state index contributed by atoms with van der Waals surface area (Å²) in [6.45, 7) is 5.85. The fourth-order valence-corrected chi connectivity index (χ4v) is 2.35. The minimum Gasteiger partial charge on any atom is -0.475 e. The van der Waals surface area contributed by atoms with Crippen LogP contribution in [-0.2, 0) is 0 Å². The van der Waals surface area contributed by atoms with Crippen LogP contribution in [0.3, 0.4) is 0 Å². The number of nitrogens with one attached hydrogen (secondary N) is 1. The van der Waals surface area contributed by atoms with E-state index in [0.717, 1.165) is 31.4 Å². The summed E-state index contributed by atoms with van der Waals surface area (Å²) >= 11 is 0. The molecule has 2 unspecified atom stereocenters. The molecule has 5 nitrogen and oxygen atoms in total. The van der Waals surface area contributed by atoms with Gasteiger partial charge in [0.25, 0.3) is 0 Å². The molecule has 1 saturated carbocycles. The number of rotatable bonds is 4. The predicted octanol–water partition coefficient (Wildman–Crippen LogP) is 2.29. The van der Waals surface area contributed by atoms with Crippen LogP contribution >= 0.6 is 0 Å². The highest BCUT2D eigenvalue weighted by Gasteiger charge is 2.23. The van der Waals surface area contributed by atoms with Gasteiger partial charge in [0.05, 0.1) is 18.2 Å². The van der Waals surface area contributed by atoms with Crippen LogP contribution in [0, 0.1) is 6.92 Å². The fourth-order valence-electron chi connectivity index (χ4n) is 2.35. The minimum atomic E-state index is -0.313. The van der Waals surface area contributed by atoms with Crippen molar-refractivity contribution in [1.82, 2.24) is 9.97 Å². The molecule has 5 heteroatoms. The van der Waals surface area contributed by atoms with Gasteiger partial charge >= 0.3 is 0 Å². The molecule has 1 heterocycles. The highest BCUT2D eigenvalue weighted by molar-refractivity contribution is 5.32. The second kappa shape index (κ2) is 6.19. The Labute approximate surface area is 114 Å². The highest BCUT2D eigenvalue weighted by Crippen LogP contribution is 2.22. The van der Waals surface area contributed by atoms with E-state index in [9.17, 15) is 5.11 Å². The Hall–Kier alpha value is -1.36. The number of hydrogen-bond acceptors (Lipinski definition) is 5. The topological polar surface area (TPSA) is 67.3 Å². The molecule has 2 atom stereocenters. The third kappa shape index (κ3) is 4.06. The summed E-state index contributed by atoms with van der Waals surface area (Å²) in [5, 5.41) is 13.2. The summed E-state index contributed by atoms with van der Waals surface area (Å²) in [5.74, 6) is 1.12. The van der Waals surface area contributed by atoms with Crippen molar-refractivity contribution < 1.29 is 9.84 Å². The molecule has 0 bridgehead atoms. The van der Waals surface area contributed by atoms with Gasteiger partial charge < -0.3 is 15.2 Å². The van der Waals surface area contributed by atoms with Crippen molar-refractivity contribution in [3.8, 4) is 5.88 Å². The molecule has 2 N–H and O–H groups in total. The zero-order chi connectivity index (χ0) is 13.8. The van der Waals surface area contributed by atoms with Gasteiger partial charge in [-0.05, 0) is 33.6 Å². The maximum atomic E-state index is 9.96. The Morgan fingerprint density at radius 1 is 1.32 bits per heavy atom. The van der Waals surface area contributed by atoms with Gasteiger partial charge in [-0.1, -0.05) is 12.8 Å². The van der Waals surface area contributed by atoms with Crippen LogP contribution in [0.15, 0.2) is 6.07 Å². The summed E-state index contributed by atoms with van der Waals surface area (Å²) in [6.07, 6.45) is 3.80. The molecule has 0 spiro atoms. The molecule has 0 aliphatic heterocycles. The average Bonchev–Trinajstić information content (AvgIpc) is 2.30. The molecule has 0 amide bonds. The Morgan fingerprint density at radius 3 is 2.74 bits per heavy atom. The van der Waals surface area contributed by atoms with Crippen molar-refractivity contribution in [3.05, 3.63) is 11.8 Å². The molecule has 1 fully saturated rings. The van der Waals surface area contributed by atoms with Crippen molar-refractivity contribution >= 4 is 5.95 Å². The number of ether oxygens (including phenoxy) is 1. The van der Waals surface area contributed by atoms with Crippen LogP contribution in [0.25, 0.3) is 0 Å². The number of aliphatic hydroxyl groups is 1. The van der Waals surface area contributed by atoms with E-state index >= 15 is 0 Å². The van der Waals surface area contributed by atoms with Gasteiger partial charge in [0, 0.05) is 11.8 Å². The molecule has 19 heavy (non-hydrogen) atoms. The maximum Gasteiger partial charge on any atom is 0.226 e. The lowest BCUT2D eigenvalue weighted by Gasteiger charge is -2.28. The largest absolute Gasteiger partial charge is 0.475 e. The monoisotopic (exact) mass is 265 g/mol. The van der Waals surface area contributed by atoms with Gasteiger partial charge in [-0.15, -0.1) is 0 Å². The number of anilines is 1. The molecule has 1 aliphatic carbocycles. The molecule has 1 aromatic rings. The lowest BCUT2D eigenvalue weighted by molar-refractivity contribution is 0.116. The van der Waals surface area contributed by atoms with Crippen molar-refractivity contribution in [3.63, 3.8) is 0 Å². The zero-order valence-electron chi connectivity index (χ0n) is 11.9. The quantitative estimate of drug-likeness (QED) is 0.874. The lowest BCUT2D eigenvalue weighted by Crippen LogP contribution is -2.36. The first-order valence-corrected chi connectivity index (χ1v) is 7.01. The fraction of sp³-hybridized carbons (Fsp3) is 0.714. The van der Waals surface area contributed by atoms with E-state index in [0.29, 0.717) is 11.8 Å². The number of aromatic nitrogens is 2. The van der Waals surface area contributed by atoms with Crippen molar-refractivity contribution in [2.24, 2.45) is 0 Å². The summed E-state index contributed by atoms with van der Waals surface area (Å²) in [6, 6.07) is 1.87. The predicted molar refractivity (Wildman–Crippen MR) is 74.4 cm³/mol. The number of nitrogens with zero attached hydrogens (tertiary/aromatic N) is 2. The Bertz CT molecular complexity index is 423. The van der Waals surface area contributed by atoms with E-state index in [4.69, 9.17) is 4.74 Å². The summed E-state index contributed by atoms with van der Waals surface area (Å²) < 4.78 is 5.60. The van der Waals surface area contributed by atoms with Crippen LogP contribution in [0.5, 0.6) is 5.88 Å². The molecular formula is C14H23N3O2. The first kappa shape index (κ1) is 14.1. The zero-order valence-corrected chi connectivity index (χ0v) is 11.9. The van der Waals surface area contributed by atoms with Gasteiger partial charge in [-0.25, -0.2) is 4.98 Å². The maximum absolute atomic E-state index is 9.96. The number of hydrogen-bond donors (Lipinski definition) is 2. The van der Waals surface area contributed by atoms with Crippen LogP contribution in [0.4, 0.5) is 5.95 Å². The molecule has 1 aromatic heterocycles. The molecule has 106 valence electrons. The van der Waals surface area contributed by atoms with Crippen LogP contribution < -0.4 is 10.1 Å². The highest BCUT2D eigenvalue weighted by atomic mass is 16.5. The molecule has 0 aromatic carbocycles. The average molecular weight is 265 g/mol. The standard InChI is InChI=1S/C14H23N3O2/c1-9(2)19-13-8-10(3)15-14(17-13)16-11-6-4-5-7-12(11)18/h8-9,11-12,18H,4-7H2,1-3H3,(H,15,16,17). The third-order valence-electron chi connectivity index (χ3n) is 3.23. The van der Waals surface area contributed by atoms with E-state index in [2.05, 4.69) is 15.3 Å². The first-order valence-electron chi connectivity index (χ1n) is 7.01. The van der Waals surface area contributed by atoms with Crippen LogP contribution in [0.1, 0.15) is 45.2 Å². The second-order valence-electron chi connectivity index (χ2n) is 5.44. The van der Waals surface area contributed by atoms with Gasteiger partial charge in [-0.2, -0.15) is 4.98 Å². The second-order valence-corrected chi connectivity index (χ2v) is 5.44. The third-order valence-corrected chi connectivity index (χ3v) is 3.23. The Balaban J connectivity index is 2.08. The molecule has 2 rings (SSSR count). The molecule has 1 aliphatic rings. The van der Waals surface area contributed by atoms with Gasteiger partial charge in [0.15, 0.2) is 0 Å². The smallest absolute Gasteiger partial charge is 0.226 e. The Morgan fingerprint density at radius 2 is 2.05 bits per heavy atom. The van der Waals surface area contributed by atoms with Crippen LogP contribution in [0.2, 0.25) is 0 Å². The summed E-state index contributed by atoms with van der Waals surface area (Å²) in [4.78, 5) is 8.70. The van der Waals surface area contributed by atoms with E-state index in [1.165, 1.54) is 0 Å². The normalized spacial score (nSPS) is 23.4. The van der Waals surface area contributed by atoms with E-state index in [1.807, 2.05) is 26.8 Å². The molecule has 0 saturated heterocycles. The van der Waals surface area contributed by atoms with Crippen molar-refractivity contribution in [2.45, 2.75) is 64.7 Å². The van der Waals surface area contributed by atoms with E-state index in [-0.39, 0.29) is 18.2 Å². The summed E-state index contributed by atoms with van der Waals surface area (Å²) in [5.41, 5.74) is 0.860. The van der Waals surface area contributed by atoms with Gasteiger partial charge in [0.2, 0.25) is 11.8 Å². The van der Waals surface area contributed by atoms with Crippen LogP contribution in [-0.4, -0.2) is 33.3 Å². The van der Waals surface area contributed by atoms with Gasteiger partial charge in [-0.3, -0.25) is 0 Å². The number of aryl methyl sites for hydroxylation is 1. The number of aliphatic hydroxyl groups excluding tert-OH is 1. The van der Waals surface area contributed by atoms with Crippen molar-refractivity contribution in [1.29, 1.82) is 0 Å². The van der Waals surface area contributed by atoms with E-state index in [1.54, 1.807) is 0 Å². The summed E-state index contributed by atoms with van der Waals surface area (Å²) in [7, 11) is 0.